The van der Waals surface area contributed by atoms with Crippen LogP contribution in [0.1, 0.15) is 48.2 Å². The second-order valence-corrected chi connectivity index (χ2v) is 8.36. The lowest BCUT2D eigenvalue weighted by atomic mass is 9.92. The topological polar surface area (TPSA) is 97.4 Å². The van der Waals surface area contributed by atoms with Crippen LogP contribution in [0.4, 0.5) is 5.95 Å². The van der Waals surface area contributed by atoms with Gasteiger partial charge in [-0.05, 0) is 68.6 Å². The van der Waals surface area contributed by atoms with Crippen LogP contribution in [0.25, 0.3) is 11.1 Å². The summed E-state index contributed by atoms with van der Waals surface area (Å²) in [5.41, 5.74) is 11.8. The number of nitrogens with two attached hydrogens (primary N) is 1. The Kier molecular flexibility index (Phi) is 6.97. The summed E-state index contributed by atoms with van der Waals surface area (Å²) in [6.45, 7) is 7.42. The molecule has 7 heteroatoms. The van der Waals surface area contributed by atoms with Crippen LogP contribution in [-0.2, 0) is 13.2 Å². The van der Waals surface area contributed by atoms with Crippen LogP contribution < -0.4 is 10.5 Å². The van der Waals surface area contributed by atoms with E-state index in [4.69, 9.17) is 15.5 Å². The Morgan fingerprint density at radius 3 is 2.72 bits per heavy atom. The minimum Gasteiger partial charge on any atom is -0.494 e. The molecule has 1 saturated heterocycles. The predicted octanol–water partition coefficient (Wildman–Crippen LogP) is 3.70. The predicted molar refractivity (Wildman–Crippen MR) is 125 cm³/mol. The summed E-state index contributed by atoms with van der Waals surface area (Å²) in [6.07, 6.45) is 5.78. The minimum absolute atomic E-state index is 0.0172. The van der Waals surface area contributed by atoms with Crippen LogP contribution in [0.2, 0.25) is 0 Å². The van der Waals surface area contributed by atoms with Crippen molar-refractivity contribution in [3.63, 3.8) is 0 Å². The van der Waals surface area contributed by atoms with Crippen LogP contribution in [0.3, 0.4) is 0 Å². The van der Waals surface area contributed by atoms with E-state index in [-0.39, 0.29) is 12.6 Å². The van der Waals surface area contributed by atoms with Gasteiger partial charge in [0.2, 0.25) is 5.95 Å². The number of nitrogens with zero attached hydrogens (tertiary/aromatic N) is 4. The third kappa shape index (κ3) is 5.23. The Balaban J connectivity index is 1.50. The summed E-state index contributed by atoms with van der Waals surface area (Å²) in [7, 11) is 0. The van der Waals surface area contributed by atoms with E-state index in [1.54, 1.807) is 12.4 Å². The lowest BCUT2D eigenvalue weighted by Crippen LogP contribution is -2.34. The first-order valence-corrected chi connectivity index (χ1v) is 11.2. The summed E-state index contributed by atoms with van der Waals surface area (Å²) in [5, 5.41) is 9.71. The molecule has 3 N–H and O–H groups in total. The van der Waals surface area contributed by atoms with Gasteiger partial charge in [0.1, 0.15) is 5.75 Å². The highest BCUT2D eigenvalue weighted by Gasteiger charge is 2.23. The average Bonchev–Trinajstić information content (AvgIpc) is 2.80. The number of ether oxygens (including phenoxy) is 1. The number of hydrogen-bond donors (Lipinski definition) is 2. The van der Waals surface area contributed by atoms with Crippen LogP contribution in [0, 0.1) is 6.92 Å². The number of aliphatic hydroxyl groups excluding tert-OH is 1. The zero-order chi connectivity index (χ0) is 22.5. The molecule has 0 bridgehead atoms. The maximum Gasteiger partial charge on any atom is 0.219 e. The van der Waals surface area contributed by atoms with Gasteiger partial charge in [-0.15, -0.1) is 0 Å². The van der Waals surface area contributed by atoms with Crippen molar-refractivity contribution in [2.75, 3.05) is 25.4 Å². The molecule has 3 aromatic rings. The molecule has 0 aliphatic carbocycles. The van der Waals surface area contributed by atoms with Crippen LogP contribution >= 0.6 is 0 Å². The Hall–Kier alpha value is -3.03. The summed E-state index contributed by atoms with van der Waals surface area (Å²) in [4.78, 5) is 15.6. The summed E-state index contributed by atoms with van der Waals surface area (Å²) < 4.78 is 5.62. The van der Waals surface area contributed by atoms with E-state index < -0.39 is 0 Å². The summed E-state index contributed by atoms with van der Waals surface area (Å²) in [5.74, 6) is 1.41. The van der Waals surface area contributed by atoms with Crippen molar-refractivity contribution in [2.24, 2.45) is 0 Å². The monoisotopic (exact) mass is 433 g/mol. The van der Waals surface area contributed by atoms with Gasteiger partial charge in [0.05, 0.1) is 13.2 Å². The SMILES string of the molecule is CCOc1ccc(CN2CCC[C@H](c3cc(-c4cnc(N)nc4)cc(C)n3)C2)cc1CO. The van der Waals surface area contributed by atoms with Crippen molar-refractivity contribution < 1.29 is 9.84 Å². The van der Waals surface area contributed by atoms with Crippen molar-refractivity contribution in [3.05, 3.63) is 65.2 Å². The lowest BCUT2D eigenvalue weighted by Gasteiger charge is -2.33. The molecule has 1 aliphatic rings. The highest BCUT2D eigenvalue weighted by atomic mass is 16.5. The van der Waals surface area contributed by atoms with E-state index in [1.165, 1.54) is 5.56 Å². The van der Waals surface area contributed by atoms with Gasteiger partial charge in [-0.2, -0.15) is 0 Å². The molecule has 0 radical (unpaired) electrons. The molecule has 4 rings (SSSR count). The molecule has 1 fully saturated rings. The first-order chi connectivity index (χ1) is 15.6. The zero-order valence-corrected chi connectivity index (χ0v) is 18.8. The van der Waals surface area contributed by atoms with Gasteiger partial charge in [0.15, 0.2) is 0 Å². The number of pyridine rings is 1. The van der Waals surface area contributed by atoms with E-state index in [0.717, 1.165) is 66.3 Å². The fourth-order valence-electron chi connectivity index (χ4n) is 4.41. The number of rotatable bonds is 7. The van der Waals surface area contributed by atoms with E-state index in [0.29, 0.717) is 12.5 Å². The highest BCUT2D eigenvalue weighted by molar-refractivity contribution is 5.63. The third-order valence-corrected chi connectivity index (χ3v) is 5.90. The quantitative estimate of drug-likeness (QED) is 0.586. The molecular weight excluding hydrogens is 402 g/mol. The van der Waals surface area contributed by atoms with E-state index in [2.05, 4.69) is 39.1 Å². The number of anilines is 1. The molecule has 7 nitrogen and oxygen atoms in total. The molecule has 0 saturated carbocycles. The van der Waals surface area contributed by atoms with Crippen molar-refractivity contribution in [1.82, 2.24) is 19.9 Å². The van der Waals surface area contributed by atoms with E-state index in [9.17, 15) is 5.11 Å². The number of nitrogen functional groups attached to an aromatic ring is 1. The molecule has 0 amide bonds. The van der Waals surface area contributed by atoms with Gasteiger partial charge in [-0.25, -0.2) is 9.97 Å². The maximum atomic E-state index is 9.71. The largest absolute Gasteiger partial charge is 0.494 e. The number of aryl methyl sites for hydroxylation is 1. The number of benzene rings is 1. The molecule has 1 aliphatic heterocycles. The third-order valence-electron chi connectivity index (χ3n) is 5.90. The van der Waals surface area contributed by atoms with Crippen LogP contribution in [0.5, 0.6) is 5.75 Å². The second-order valence-electron chi connectivity index (χ2n) is 8.36. The molecule has 168 valence electrons. The van der Waals surface area contributed by atoms with Gasteiger partial charge >= 0.3 is 0 Å². The Bertz CT molecular complexity index is 1050. The molecule has 0 unspecified atom stereocenters. The van der Waals surface area contributed by atoms with Crippen molar-refractivity contribution in [3.8, 4) is 16.9 Å². The lowest BCUT2D eigenvalue weighted by molar-refractivity contribution is 0.198. The Labute approximate surface area is 189 Å². The molecular formula is C25H31N5O2. The number of hydrogen-bond acceptors (Lipinski definition) is 7. The fourth-order valence-corrected chi connectivity index (χ4v) is 4.41. The van der Waals surface area contributed by atoms with Gasteiger partial charge in [-0.1, -0.05) is 6.07 Å². The summed E-state index contributed by atoms with van der Waals surface area (Å²) in [6, 6.07) is 10.3. The fraction of sp³-hybridized carbons (Fsp3) is 0.400. The maximum absolute atomic E-state index is 9.71. The minimum atomic E-state index is -0.0172. The number of aromatic nitrogens is 3. The molecule has 1 atom stereocenters. The smallest absolute Gasteiger partial charge is 0.219 e. The standard InChI is InChI=1S/C25H31N5O2/c1-3-32-24-7-6-18(10-21(24)16-31)14-30-8-4-5-19(15-30)23-11-20(9-17(2)29-23)22-12-27-25(26)28-13-22/h6-7,9-13,19,31H,3-5,8,14-16H2,1-2H3,(H2,26,27,28)/t19-/m0/s1. The summed E-state index contributed by atoms with van der Waals surface area (Å²) >= 11 is 0. The van der Waals surface area contributed by atoms with Crippen molar-refractivity contribution >= 4 is 5.95 Å². The van der Waals surface area contributed by atoms with Gasteiger partial charge in [0.25, 0.3) is 0 Å². The van der Waals surface area contributed by atoms with Crippen molar-refractivity contribution in [1.29, 1.82) is 0 Å². The molecule has 0 spiro atoms. The van der Waals surface area contributed by atoms with Crippen LogP contribution in [0.15, 0.2) is 42.7 Å². The number of piperidine rings is 1. The highest BCUT2D eigenvalue weighted by Crippen LogP contribution is 2.30. The van der Waals surface area contributed by atoms with E-state index in [1.807, 2.05) is 19.9 Å². The Morgan fingerprint density at radius 2 is 1.97 bits per heavy atom. The first kappa shape index (κ1) is 22.2. The first-order valence-electron chi connectivity index (χ1n) is 11.2. The van der Waals surface area contributed by atoms with Gasteiger partial charge in [-0.3, -0.25) is 9.88 Å². The molecule has 2 aromatic heterocycles. The average molecular weight is 434 g/mol. The normalized spacial score (nSPS) is 16.8. The van der Waals surface area contributed by atoms with E-state index >= 15 is 0 Å². The number of likely N-dealkylation sites (tertiary alicyclic amines) is 1. The van der Waals surface area contributed by atoms with Gasteiger partial charge in [0, 0.05) is 53.9 Å². The number of aliphatic hydroxyl groups is 1. The second kappa shape index (κ2) is 10.1. The molecule has 3 heterocycles. The van der Waals surface area contributed by atoms with Gasteiger partial charge < -0.3 is 15.6 Å². The van der Waals surface area contributed by atoms with Crippen molar-refractivity contribution in [2.45, 2.75) is 45.8 Å². The molecule has 32 heavy (non-hydrogen) atoms. The molecule has 1 aromatic carbocycles. The van der Waals surface area contributed by atoms with Crippen LogP contribution in [-0.4, -0.2) is 44.7 Å². The Morgan fingerprint density at radius 1 is 1.16 bits per heavy atom. The zero-order valence-electron chi connectivity index (χ0n) is 18.8.